The van der Waals surface area contributed by atoms with Crippen LogP contribution in [0.1, 0.15) is 36.6 Å². The molecule has 146 valence electrons. The van der Waals surface area contributed by atoms with Gasteiger partial charge in [0.1, 0.15) is 23.8 Å². The largest absolute Gasteiger partial charge is 0.394 e. The molecular weight excluding hydrogens is 363 g/mol. The Morgan fingerprint density at radius 2 is 2.07 bits per heavy atom. The first-order valence-electron chi connectivity index (χ1n) is 9.27. The van der Waals surface area contributed by atoms with Crippen LogP contribution in [0, 0.1) is 5.82 Å². The van der Waals surface area contributed by atoms with E-state index in [0.717, 1.165) is 24.1 Å². The first-order chi connectivity index (χ1) is 13.6. The summed E-state index contributed by atoms with van der Waals surface area (Å²) in [4.78, 5) is 16.5. The Morgan fingerprint density at radius 3 is 2.82 bits per heavy atom. The van der Waals surface area contributed by atoms with E-state index in [2.05, 4.69) is 15.4 Å². The number of aromatic nitrogens is 3. The van der Waals surface area contributed by atoms with Crippen LogP contribution in [0.25, 0.3) is 5.52 Å². The lowest BCUT2D eigenvalue weighted by molar-refractivity contribution is -0.116. The van der Waals surface area contributed by atoms with Gasteiger partial charge in [-0.05, 0) is 49.1 Å². The minimum absolute atomic E-state index is 0.00412. The van der Waals surface area contributed by atoms with Gasteiger partial charge < -0.3 is 15.2 Å². The van der Waals surface area contributed by atoms with E-state index < -0.39 is 0 Å². The van der Waals surface area contributed by atoms with E-state index in [0.29, 0.717) is 17.8 Å². The zero-order chi connectivity index (χ0) is 19.5. The zero-order valence-corrected chi connectivity index (χ0v) is 15.2. The Balaban J connectivity index is 1.45. The first kappa shape index (κ1) is 18.5. The van der Waals surface area contributed by atoms with Crippen LogP contribution in [0.15, 0.2) is 42.7 Å². The molecule has 0 bridgehead atoms. The lowest BCUT2D eigenvalue weighted by atomic mass is 10.1. The standard InChI is InChI=1S/C20H21FN4O3/c21-14-4-1-13(2-5-14)3-10-19(27)24-20-17-8-7-16(25(17)23-12-22-20)18-9-6-15(11-26)28-18/h1-2,4-5,7-8,12,15,18,26H,3,6,9-11H2,(H,22,23,24,27). The quantitative estimate of drug-likeness (QED) is 0.682. The van der Waals surface area contributed by atoms with Gasteiger partial charge in [0.2, 0.25) is 5.91 Å². The van der Waals surface area contributed by atoms with Gasteiger partial charge in [-0.25, -0.2) is 13.9 Å². The van der Waals surface area contributed by atoms with Crippen molar-refractivity contribution in [3.63, 3.8) is 0 Å². The van der Waals surface area contributed by atoms with Gasteiger partial charge in [0, 0.05) is 6.42 Å². The maximum absolute atomic E-state index is 13.0. The molecule has 28 heavy (non-hydrogen) atoms. The smallest absolute Gasteiger partial charge is 0.225 e. The molecule has 1 aliphatic heterocycles. The Hall–Kier alpha value is -2.84. The molecule has 1 fully saturated rings. The molecule has 0 aliphatic carbocycles. The number of carbonyl (C=O) groups excluding carboxylic acids is 1. The normalized spacial score (nSPS) is 19.2. The molecular formula is C20H21FN4O3. The molecule has 0 saturated carbocycles. The average molecular weight is 384 g/mol. The molecule has 4 rings (SSSR count). The summed E-state index contributed by atoms with van der Waals surface area (Å²) in [6.45, 7) is 0.00412. The highest BCUT2D eigenvalue weighted by Gasteiger charge is 2.28. The lowest BCUT2D eigenvalue weighted by Gasteiger charge is -2.12. The van der Waals surface area contributed by atoms with Crippen LogP contribution >= 0.6 is 0 Å². The number of rotatable bonds is 6. The molecule has 2 atom stereocenters. The number of nitrogens with zero attached hydrogens (tertiary/aromatic N) is 3. The summed E-state index contributed by atoms with van der Waals surface area (Å²) in [5, 5.41) is 16.4. The Bertz CT molecular complexity index is 973. The van der Waals surface area contributed by atoms with Gasteiger partial charge in [0.25, 0.3) is 0 Å². The van der Waals surface area contributed by atoms with E-state index in [1.807, 2.05) is 12.1 Å². The average Bonchev–Trinajstić information content (AvgIpc) is 3.34. The van der Waals surface area contributed by atoms with E-state index in [1.54, 1.807) is 16.6 Å². The highest BCUT2D eigenvalue weighted by Crippen LogP contribution is 2.33. The number of amides is 1. The number of halogens is 1. The van der Waals surface area contributed by atoms with Crippen LogP contribution in [0.3, 0.4) is 0 Å². The second-order valence-electron chi connectivity index (χ2n) is 6.85. The predicted octanol–water partition coefficient (Wildman–Crippen LogP) is 2.65. The van der Waals surface area contributed by atoms with Crippen molar-refractivity contribution < 1.29 is 19.0 Å². The van der Waals surface area contributed by atoms with E-state index in [1.165, 1.54) is 18.5 Å². The summed E-state index contributed by atoms with van der Waals surface area (Å²) >= 11 is 0. The van der Waals surface area contributed by atoms with Crippen molar-refractivity contribution in [1.82, 2.24) is 14.6 Å². The minimum atomic E-state index is -0.294. The summed E-state index contributed by atoms with van der Waals surface area (Å²) in [6, 6.07) is 9.87. The number of aliphatic hydroxyl groups is 1. The minimum Gasteiger partial charge on any atom is -0.394 e. The molecule has 1 saturated heterocycles. The molecule has 1 aromatic carbocycles. The van der Waals surface area contributed by atoms with Gasteiger partial charge in [0.05, 0.1) is 18.4 Å². The molecule has 2 unspecified atom stereocenters. The van der Waals surface area contributed by atoms with Gasteiger partial charge >= 0.3 is 0 Å². The summed E-state index contributed by atoms with van der Waals surface area (Å²) in [7, 11) is 0. The van der Waals surface area contributed by atoms with Crippen molar-refractivity contribution in [2.75, 3.05) is 11.9 Å². The van der Waals surface area contributed by atoms with Gasteiger partial charge in [-0.15, -0.1) is 0 Å². The van der Waals surface area contributed by atoms with Crippen LogP contribution in [0.4, 0.5) is 10.2 Å². The van der Waals surface area contributed by atoms with Crippen LogP contribution < -0.4 is 5.32 Å². The topological polar surface area (TPSA) is 88.8 Å². The van der Waals surface area contributed by atoms with Crippen molar-refractivity contribution in [3.8, 4) is 0 Å². The van der Waals surface area contributed by atoms with Crippen LogP contribution in [-0.4, -0.2) is 38.3 Å². The molecule has 8 heteroatoms. The van der Waals surface area contributed by atoms with Gasteiger partial charge in [-0.3, -0.25) is 4.79 Å². The second-order valence-corrected chi connectivity index (χ2v) is 6.85. The summed E-state index contributed by atoms with van der Waals surface area (Å²) in [5.74, 6) is -0.0376. The first-order valence-corrected chi connectivity index (χ1v) is 9.27. The fourth-order valence-corrected chi connectivity index (χ4v) is 3.46. The SMILES string of the molecule is O=C(CCc1ccc(F)cc1)Nc1ncnn2c(C3CCC(CO)O3)ccc12. The zero-order valence-electron chi connectivity index (χ0n) is 15.2. The molecule has 7 nitrogen and oxygen atoms in total. The molecule has 1 aliphatic rings. The fourth-order valence-electron chi connectivity index (χ4n) is 3.46. The second kappa shape index (κ2) is 8.04. The number of hydrogen-bond donors (Lipinski definition) is 2. The molecule has 0 spiro atoms. The maximum atomic E-state index is 13.0. The third-order valence-corrected chi connectivity index (χ3v) is 4.93. The Labute approximate surface area is 161 Å². The monoisotopic (exact) mass is 384 g/mol. The number of aryl methyl sites for hydroxylation is 1. The molecule has 0 radical (unpaired) electrons. The highest BCUT2D eigenvalue weighted by atomic mass is 19.1. The van der Waals surface area contributed by atoms with Crippen molar-refractivity contribution in [3.05, 3.63) is 59.8 Å². The number of ether oxygens (including phenoxy) is 1. The van der Waals surface area contributed by atoms with Crippen molar-refractivity contribution in [2.45, 2.75) is 37.9 Å². The predicted molar refractivity (Wildman–Crippen MR) is 100 cm³/mol. The fraction of sp³-hybridized carbons (Fsp3) is 0.350. The van der Waals surface area contributed by atoms with Crippen molar-refractivity contribution >= 4 is 17.2 Å². The van der Waals surface area contributed by atoms with Gasteiger partial charge in [-0.2, -0.15) is 5.10 Å². The van der Waals surface area contributed by atoms with Crippen LogP contribution in [-0.2, 0) is 16.0 Å². The molecule has 3 aromatic rings. The number of nitrogens with one attached hydrogen (secondary N) is 1. The molecule has 3 heterocycles. The van der Waals surface area contributed by atoms with Gasteiger partial charge in [0.15, 0.2) is 5.82 Å². The lowest BCUT2D eigenvalue weighted by Crippen LogP contribution is -2.15. The van der Waals surface area contributed by atoms with E-state index in [-0.39, 0.29) is 37.0 Å². The number of hydrogen-bond acceptors (Lipinski definition) is 5. The number of fused-ring (bicyclic) bond motifs is 1. The third-order valence-electron chi connectivity index (χ3n) is 4.93. The Kier molecular flexibility index (Phi) is 5.31. The Morgan fingerprint density at radius 1 is 1.25 bits per heavy atom. The number of carbonyl (C=O) groups is 1. The summed E-state index contributed by atoms with van der Waals surface area (Å²) < 4.78 is 20.5. The number of benzene rings is 1. The van der Waals surface area contributed by atoms with Crippen molar-refractivity contribution in [2.24, 2.45) is 0 Å². The number of anilines is 1. The molecule has 2 aromatic heterocycles. The third kappa shape index (κ3) is 3.88. The molecule has 2 N–H and O–H groups in total. The van der Waals surface area contributed by atoms with E-state index >= 15 is 0 Å². The molecule has 1 amide bonds. The van der Waals surface area contributed by atoms with Crippen molar-refractivity contribution in [1.29, 1.82) is 0 Å². The highest BCUT2D eigenvalue weighted by molar-refractivity contribution is 5.93. The van der Waals surface area contributed by atoms with Crippen LogP contribution in [0.2, 0.25) is 0 Å². The van der Waals surface area contributed by atoms with E-state index in [4.69, 9.17) is 4.74 Å². The van der Waals surface area contributed by atoms with Gasteiger partial charge in [-0.1, -0.05) is 12.1 Å². The van der Waals surface area contributed by atoms with Crippen LogP contribution in [0.5, 0.6) is 0 Å². The van der Waals surface area contributed by atoms with E-state index in [9.17, 15) is 14.3 Å². The summed E-state index contributed by atoms with van der Waals surface area (Å²) in [6.07, 6.45) is 3.48. The summed E-state index contributed by atoms with van der Waals surface area (Å²) in [5.41, 5.74) is 2.45. The maximum Gasteiger partial charge on any atom is 0.225 e. The number of aliphatic hydroxyl groups excluding tert-OH is 1.